The van der Waals surface area contributed by atoms with Crippen LogP contribution in [0.1, 0.15) is 43.6 Å². The molecule has 0 aromatic heterocycles. The molecule has 0 saturated carbocycles. The van der Waals surface area contributed by atoms with Crippen LogP contribution in [-0.4, -0.2) is 60.1 Å². The topological polar surface area (TPSA) is 62.3 Å². The number of halogens is 1. The predicted molar refractivity (Wildman–Crippen MR) is 150 cm³/mol. The molecule has 0 N–H and O–H groups in total. The van der Waals surface area contributed by atoms with E-state index in [-0.39, 0.29) is 23.9 Å². The minimum atomic E-state index is -0.507. The lowest BCUT2D eigenvalue weighted by molar-refractivity contribution is 0.000550. The lowest BCUT2D eigenvalue weighted by Gasteiger charge is -2.40. The molecule has 1 atom stereocenters. The summed E-state index contributed by atoms with van der Waals surface area (Å²) in [5.74, 6) is 0.619. The van der Waals surface area contributed by atoms with Gasteiger partial charge in [-0.1, -0.05) is 12.1 Å². The van der Waals surface area contributed by atoms with Crippen LogP contribution in [0.4, 0.5) is 14.9 Å². The second kappa shape index (κ2) is 11.9. The highest BCUT2D eigenvalue weighted by Crippen LogP contribution is 2.24. The number of anilines is 1. The Morgan fingerprint density at radius 3 is 2.08 bits per heavy atom. The Morgan fingerprint density at radius 2 is 1.51 bits per heavy atom. The Kier molecular flexibility index (Phi) is 8.55. The van der Waals surface area contributed by atoms with E-state index in [1.165, 1.54) is 12.1 Å². The zero-order valence-corrected chi connectivity index (χ0v) is 23.2. The fourth-order valence-electron chi connectivity index (χ4n) is 4.47. The molecule has 39 heavy (non-hydrogen) atoms. The number of nitrogens with zero attached hydrogens (tertiary/aromatic N) is 3. The molecule has 1 aliphatic heterocycles. The van der Waals surface area contributed by atoms with Gasteiger partial charge in [0.1, 0.15) is 22.9 Å². The molecule has 3 aromatic rings. The summed E-state index contributed by atoms with van der Waals surface area (Å²) in [5, 5.41) is 0. The number of hydrogen-bond donors (Lipinski definition) is 0. The van der Waals surface area contributed by atoms with Gasteiger partial charge in [-0.25, -0.2) is 9.18 Å². The van der Waals surface area contributed by atoms with Crippen molar-refractivity contribution < 1.29 is 23.5 Å². The fourth-order valence-corrected chi connectivity index (χ4v) is 4.47. The highest BCUT2D eigenvalue weighted by molar-refractivity contribution is 6.05. The lowest BCUT2D eigenvalue weighted by Crippen LogP contribution is -2.54. The first-order valence-electron chi connectivity index (χ1n) is 13.1. The minimum absolute atomic E-state index is 0.0594. The summed E-state index contributed by atoms with van der Waals surface area (Å²) in [4.78, 5) is 31.3. The Bertz CT molecular complexity index is 1270. The normalized spacial score (nSPS) is 16.1. The second-order valence-corrected chi connectivity index (χ2v) is 10.9. The van der Waals surface area contributed by atoms with E-state index in [1.54, 1.807) is 53.2 Å². The van der Waals surface area contributed by atoms with Crippen molar-refractivity contribution in [3.05, 3.63) is 89.7 Å². The van der Waals surface area contributed by atoms with E-state index in [1.807, 2.05) is 52.0 Å². The molecule has 206 valence electrons. The molecule has 1 heterocycles. The molecule has 3 aromatic carbocycles. The molecule has 1 saturated heterocycles. The summed E-state index contributed by atoms with van der Waals surface area (Å²) in [7, 11) is 1.75. The zero-order valence-electron chi connectivity index (χ0n) is 23.2. The lowest BCUT2D eigenvalue weighted by atomic mass is 10.1. The van der Waals surface area contributed by atoms with Crippen molar-refractivity contribution >= 4 is 17.7 Å². The van der Waals surface area contributed by atoms with Crippen LogP contribution in [0.15, 0.2) is 72.8 Å². The van der Waals surface area contributed by atoms with Gasteiger partial charge in [0.25, 0.3) is 5.91 Å². The van der Waals surface area contributed by atoms with Crippen LogP contribution in [0.5, 0.6) is 11.5 Å². The van der Waals surface area contributed by atoms with Gasteiger partial charge in [-0.2, -0.15) is 0 Å². The van der Waals surface area contributed by atoms with E-state index < -0.39 is 5.60 Å². The molecule has 0 aliphatic carbocycles. The third kappa shape index (κ3) is 7.57. The van der Waals surface area contributed by atoms with Crippen LogP contribution in [0.3, 0.4) is 0 Å². The van der Waals surface area contributed by atoms with Crippen LogP contribution in [0, 0.1) is 5.82 Å². The molecule has 2 amide bonds. The highest BCUT2D eigenvalue weighted by atomic mass is 19.1. The number of ether oxygens (including phenoxy) is 2. The number of carbonyl (C=O) groups is 2. The second-order valence-electron chi connectivity index (χ2n) is 10.9. The molecule has 0 spiro atoms. The van der Waals surface area contributed by atoms with Gasteiger partial charge in [-0.3, -0.25) is 9.69 Å². The van der Waals surface area contributed by atoms with E-state index in [9.17, 15) is 14.0 Å². The Morgan fingerprint density at radius 1 is 0.923 bits per heavy atom. The number of carbonyl (C=O) groups excluding carboxylic acids is 2. The summed E-state index contributed by atoms with van der Waals surface area (Å²) in [6, 6.07) is 20.6. The van der Waals surface area contributed by atoms with Crippen molar-refractivity contribution in [2.24, 2.45) is 0 Å². The molecule has 0 bridgehead atoms. The molecule has 7 nitrogen and oxygen atoms in total. The van der Waals surface area contributed by atoms with Crippen LogP contribution >= 0.6 is 0 Å². The fraction of sp³-hybridized carbons (Fsp3) is 0.355. The first kappa shape index (κ1) is 28.1. The van der Waals surface area contributed by atoms with Crippen LogP contribution in [0.25, 0.3) is 0 Å². The molecule has 1 aliphatic rings. The first-order chi connectivity index (χ1) is 18.5. The van der Waals surface area contributed by atoms with Gasteiger partial charge in [-0.15, -0.1) is 0 Å². The van der Waals surface area contributed by atoms with Crippen molar-refractivity contribution in [2.75, 3.05) is 31.6 Å². The summed E-state index contributed by atoms with van der Waals surface area (Å²) in [5.41, 5.74) is 1.95. The van der Waals surface area contributed by atoms with Gasteiger partial charge in [0.15, 0.2) is 0 Å². The van der Waals surface area contributed by atoms with E-state index in [2.05, 4.69) is 4.90 Å². The molecule has 0 radical (unpaired) electrons. The third-order valence-electron chi connectivity index (χ3n) is 6.52. The first-order valence-corrected chi connectivity index (χ1v) is 13.1. The smallest absolute Gasteiger partial charge is 0.410 e. The number of benzene rings is 3. The zero-order chi connectivity index (χ0) is 28.2. The van der Waals surface area contributed by atoms with Crippen molar-refractivity contribution in [3.8, 4) is 11.5 Å². The van der Waals surface area contributed by atoms with Crippen LogP contribution in [0.2, 0.25) is 0 Å². The number of amides is 2. The average molecular weight is 534 g/mol. The molecule has 8 heteroatoms. The number of piperazine rings is 1. The number of hydrogen-bond acceptors (Lipinski definition) is 5. The van der Waals surface area contributed by atoms with Crippen molar-refractivity contribution in [2.45, 2.75) is 45.9 Å². The quantitative estimate of drug-likeness (QED) is 0.370. The van der Waals surface area contributed by atoms with Crippen LogP contribution < -0.4 is 9.64 Å². The van der Waals surface area contributed by atoms with Crippen LogP contribution in [-0.2, 0) is 11.3 Å². The predicted octanol–water partition coefficient (Wildman–Crippen LogP) is 6.34. The maximum Gasteiger partial charge on any atom is 0.410 e. The minimum Gasteiger partial charge on any atom is -0.457 e. The Hall–Kier alpha value is -3.91. The van der Waals surface area contributed by atoms with Gasteiger partial charge in [0.2, 0.25) is 0 Å². The molecule has 4 rings (SSSR count). The molecular formula is C31H36FN3O4. The van der Waals surface area contributed by atoms with Gasteiger partial charge in [-0.05, 0) is 93.9 Å². The molecule has 0 unspecified atom stereocenters. The van der Waals surface area contributed by atoms with E-state index in [4.69, 9.17) is 9.47 Å². The third-order valence-corrected chi connectivity index (χ3v) is 6.52. The summed E-state index contributed by atoms with van der Waals surface area (Å²) < 4.78 is 24.3. The molecule has 1 fully saturated rings. The summed E-state index contributed by atoms with van der Waals surface area (Å²) in [6.07, 6.45) is -0.262. The van der Waals surface area contributed by atoms with Gasteiger partial charge < -0.3 is 19.3 Å². The standard InChI is InChI=1S/C31H36FN3O4/c1-22-20-34(18-19-35(22)30(37)39-31(2,3)4)21-23-6-12-26(13-7-23)33(5)29(36)24-8-14-27(15-9-24)38-28-16-10-25(32)11-17-28/h6-17,22H,18-21H2,1-5H3/t22-/m0/s1. The highest BCUT2D eigenvalue weighted by Gasteiger charge is 2.30. The Labute approximate surface area is 229 Å². The maximum absolute atomic E-state index is 13.1. The Balaban J connectivity index is 1.30. The largest absolute Gasteiger partial charge is 0.457 e. The average Bonchev–Trinajstić information content (AvgIpc) is 2.89. The van der Waals surface area contributed by atoms with Gasteiger partial charge in [0, 0.05) is 50.5 Å². The van der Waals surface area contributed by atoms with E-state index in [0.717, 1.165) is 30.9 Å². The van der Waals surface area contributed by atoms with Crippen molar-refractivity contribution in [1.82, 2.24) is 9.80 Å². The van der Waals surface area contributed by atoms with Gasteiger partial charge in [0.05, 0.1) is 0 Å². The number of rotatable bonds is 6. The summed E-state index contributed by atoms with van der Waals surface area (Å²) >= 11 is 0. The van der Waals surface area contributed by atoms with Gasteiger partial charge >= 0.3 is 6.09 Å². The molecular weight excluding hydrogens is 497 g/mol. The maximum atomic E-state index is 13.1. The SMILES string of the molecule is C[C@H]1CN(Cc2ccc(N(C)C(=O)c3ccc(Oc4ccc(F)cc4)cc3)cc2)CCN1C(=O)OC(C)(C)C. The van der Waals surface area contributed by atoms with Crippen molar-refractivity contribution in [3.63, 3.8) is 0 Å². The van der Waals surface area contributed by atoms with E-state index in [0.29, 0.717) is 23.6 Å². The van der Waals surface area contributed by atoms with Crippen molar-refractivity contribution in [1.29, 1.82) is 0 Å². The van der Waals surface area contributed by atoms with E-state index >= 15 is 0 Å². The summed E-state index contributed by atoms with van der Waals surface area (Å²) in [6.45, 7) is 10.6. The monoisotopic (exact) mass is 533 g/mol.